The van der Waals surface area contributed by atoms with Crippen LogP contribution in [0.2, 0.25) is 0 Å². The molecule has 4 rings (SSSR count). The van der Waals surface area contributed by atoms with Crippen molar-refractivity contribution in [2.24, 2.45) is 0 Å². The van der Waals surface area contributed by atoms with Gasteiger partial charge in [0.25, 0.3) is 11.5 Å². The lowest BCUT2D eigenvalue weighted by Gasteiger charge is -2.32. The number of aromatic nitrogens is 2. The molecule has 0 bridgehead atoms. The van der Waals surface area contributed by atoms with Gasteiger partial charge in [-0.25, -0.2) is 18.6 Å². The molecule has 1 unspecified atom stereocenters. The minimum atomic E-state index is -4.09. The molecule has 1 amide bonds. The number of nitrogens with zero attached hydrogens (tertiary/aromatic N) is 2. The minimum Gasteiger partial charge on any atom is -0.299 e. The van der Waals surface area contributed by atoms with Crippen LogP contribution in [-0.2, 0) is 27.8 Å². The van der Waals surface area contributed by atoms with Crippen LogP contribution in [0.15, 0.2) is 64.3 Å². The summed E-state index contributed by atoms with van der Waals surface area (Å²) in [5, 5.41) is 12.3. The van der Waals surface area contributed by atoms with E-state index in [4.69, 9.17) is 0 Å². The number of benzene rings is 2. The maximum atomic E-state index is 13.3. The van der Waals surface area contributed by atoms with E-state index < -0.39 is 27.5 Å². The molecule has 0 fully saturated rings. The lowest BCUT2D eigenvalue weighted by atomic mass is 10.0. The molecular weight excluding hydrogens is 420 g/mol. The molecule has 3 N–H and O–H groups in total. The molecule has 1 atom stereocenters. The van der Waals surface area contributed by atoms with E-state index in [1.54, 1.807) is 12.1 Å². The predicted molar refractivity (Wildman–Crippen MR) is 112 cm³/mol. The number of aromatic amines is 1. The molecule has 0 radical (unpaired) electrons. The highest BCUT2D eigenvalue weighted by molar-refractivity contribution is 7.89. The van der Waals surface area contributed by atoms with E-state index in [1.165, 1.54) is 22.3 Å². The zero-order chi connectivity index (χ0) is 22.2. The van der Waals surface area contributed by atoms with Crippen molar-refractivity contribution in [3.05, 3.63) is 87.3 Å². The van der Waals surface area contributed by atoms with Crippen molar-refractivity contribution >= 4 is 15.9 Å². The van der Waals surface area contributed by atoms with Crippen LogP contribution in [0.5, 0.6) is 0 Å². The minimum absolute atomic E-state index is 0.0115. The topological polar surface area (TPSA) is 125 Å². The van der Waals surface area contributed by atoms with Gasteiger partial charge < -0.3 is 0 Å². The molecule has 1 aliphatic heterocycles. The highest BCUT2D eigenvalue weighted by Crippen LogP contribution is 2.32. The number of rotatable bonds is 5. The number of hydrogen-bond donors (Lipinski definition) is 3. The third kappa shape index (κ3) is 3.80. The van der Waals surface area contributed by atoms with Crippen LogP contribution in [0.25, 0.3) is 0 Å². The van der Waals surface area contributed by atoms with Crippen LogP contribution in [-0.4, -0.2) is 40.2 Å². The fraction of sp³-hybridized carbons (Fsp3) is 0.238. The highest BCUT2D eigenvalue weighted by Gasteiger charge is 2.43. The summed E-state index contributed by atoms with van der Waals surface area (Å²) >= 11 is 0. The number of hydrogen-bond acceptors (Lipinski definition) is 5. The average molecular weight is 442 g/mol. The maximum Gasteiger partial charge on any atom is 0.272 e. The van der Waals surface area contributed by atoms with Crippen molar-refractivity contribution < 1.29 is 18.4 Å². The van der Waals surface area contributed by atoms with Gasteiger partial charge in [0.2, 0.25) is 10.0 Å². The van der Waals surface area contributed by atoms with E-state index >= 15 is 0 Å². The molecule has 1 aliphatic rings. The van der Waals surface area contributed by atoms with Crippen LogP contribution < -0.4 is 11.0 Å². The van der Waals surface area contributed by atoms with Crippen molar-refractivity contribution in [2.45, 2.75) is 30.8 Å². The Morgan fingerprint density at radius 2 is 1.84 bits per heavy atom. The number of carbonyl (C=O) groups excluding carboxylic acids is 1. The number of sulfonamides is 1. The predicted octanol–water partition coefficient (Wildman–Crippen LogP) is 1.33. The molecule has 0 spiro atoms. The van der Waals surface area contributed by atoms with Gasteiger partial charge in [-0.1, -0.05) is 48.0 Å². The van der Waals surface area contributed by atoms with Crippen molar-refractivity contribution in [2.75, 3.05) is 6.54 Å². The molecule has 31 heavy (non-hydrogen) atoms. The van der Waals surface area contributed by atoms with Gasteiger partial charge in [-0.3, -0.25) is 19.9 Å². The summed E-state index contributed by atoms with van der Waals surface area (Å²) in [6.45, 7) is 2.05. The third-order valence-electron chi connectivity index (χ3n) is 5.38. The molecule has 2 aromatic carbocycles. The van der Waals surface area contributed by atoms with Crippen LogP contribution in [0, 0.1) is 6.92 Å². The third-order valence-corrected chi connectivity index (χ3v) is 7.26. The highest BCUT2D eigenvalue weighted by atomic mass is 32.2. The number of carbonyl (C=O) groups is 1. The van der Waals surface area contributed by atoms with Crippen LogP contribution in [0.3, 0.4) is 0 Å². The van der Waals surface area contributed by atoms with Gasteiger partial charge in [0, 0.05) is 18.7 Å². The van der Waals surface area contributed by atoms with E-state index in [-0.39, 0.29) is 30.0 Å². The summed E-state index contributed by atoms with van der Waals surface area (Å²) in [4.78, 5) is 25.7. The summed E-state index contributed by atoms with van der Waals surface area (Å²) in [7, 11) is -4.09. The fourth-order valence-corrected chi connectivity index (χ4v) is 5.38. The van der Waals surface area contributed by atoms with E-state index in [9.17, 15) is 23.2 Å². The number of nitrogens with one attached hydrogen (secondary N) is 2. The Morgan fingerprint density at radius 3 is 2.48 bits per heavy atom. The second kappa shape index (κ2) is 8.14. The van der Waals surface area contributed by atoms with Crippen molar-refractivity contribution in [1.82, 2.24) is 19.6 Å². The molecule has 0 aliphatic carbocycles. The Kier molecular flexibility index (Phi) is 5.52. The lowest BCUT2D eigenvalue weighted by molar-refractivity contribution is -0.133. The number of aryl methyl sites for hydroxylation is 1. The van der Waals surface area contributed by atoms with Gasteiger partial charge >= 0.3 is 0 Å². The smallest absolute Gasteiger partial charge is 0.272 e. The molecule has 162 valence electrons. The van der Waals surface area contributed by atoms with E-state index in [2.05, 4.69) is 5.10 Å². The van der Waals surface area contributed by atoms with Crippen LogP contribution >= 0.6 is 0 Å². The quantitative estimate of drug-likeness (QED) is 0.406. The number of hydroxylamine groups is 1. The Balaban J connectivity index is 1.78. The van der Waals surface area contributed by atoms with E-state index in [0.717, 1.165) is 15.4 Å². The summed E-state index contributed by atoms with van der Waals surface area (Å²) in [6.07, 6.45) is 0.229. The van der Waals surface area contributed by atoms with Gasteiger partial charge in [-0.2, -0.15) is 4.31 Å². The van der Waals surface area contributed by atoms with Crippen molar-refractivity contribution in [3.8, 4) is 0 Å². The number of H-pyrrole nitrogens is 1. The summed E-state index contributed by atoms with van der Waals surface area (Å²) in [6, 6.07) is 14.0. The Bertz CT molecular complexity index is 1260. The first kappa shape index (κ1) is 21.0. The lowest BCUT2D eigenvalue weighted by Crippen LogP contribution is -2.48. The molecule has 3 aromatic rings. The monoisotopic (exact) mass is 442 g/mol. The zero-order valence-corrected chi connectivity index (χ0v) is 17.6. The molecule has 9 nitrogen and oxygen atoms in total. The van der Waals surface area contributed by atoms with E-state index in [0.29, 0.717) is 5.69 Å². The fourth-order valence-electron chi connectivity index (χ4n) is 3.82. The maximum absolute atomic E-state index is 13.3. The first-order chi connectivity index (χ1) is 14.8. The Hall–Kier alpha value is -3.21. The molecule has 0 saturated heterocycles. The average Bonchev–Trinajstić information content (AvgIpc) is 3.09. The Morgan fingerprint density at radius 1 is 1.16 bits per heavy atom. The van der Waals surface area contributed by atoms with E-state index in [1.807, 2.05) is 37.3 Å². The van der Waals surface area contributed by atoms with Crippen molar-refractivity contribution in [3.63, 3.8) is 0 Å². The second-order valence-electron chi connectivity index (χ2n) is 7.44. The SMILES string of the molecule is Cc1ccc(S(=O)(=O)N2CCc3[nH]n(Cc4ccccc4)c(=O)c3C2C(=O)NO)cc1. The van der Waals surface area contributed by atoms with Crippen LogP contribution in [0.4, 0.5) is 0 Å². The van der Waals surface area contributed by atoms with Gasteiger partial charge in [0.1, 0.15) is 6.04 Å². The zero-order valence-electron chi connectivity index (χ0n) is 16.8. The summed E-state index contributed by atoms with van der Waals surface area (Å²) < 4.78 is 28.9. The number of fused-ring (bicyclic) bond motifs is 1. The molecule has 1 aromatic heterocycles. The van der Waals surface area contributed by atoms with Crippen molar-refractivity contribution in [1.29, 1.82) is 0 Å². The first-order valence-electron chi connectivity index (χ1n) is 9.71. The normalized spacial score (nSPS) is 16.6. The standard InChI is InChI=1S/C21H22N4O5S/c1-14-7-9-16(10-8-14)31(29,30)25-12-11-17-18(19(25)20(26)23-28)21(27)24(22-17)13-15-5-3-2-4-6-15/h2-10,19,22,28H,11-13H2,1H3,(H,23,26). The molecule has 10 heteroatoms. The van der Waals surface area contributed by atoms with Gasteiger partial charge in [0.05, 0.1) is 17.0 Å². The van der Waals surface area contributed by atoms with Gasteiger partial charge in [-0.15, -0.1) is 0 Å². The number of amides is 1. The molecular formula is C21H22N4O5S. The summed E-state index contributed by atoms with van der Waals surface area (Å²) in [5.74, 6) is -0.986. The summed E-state index contributed by atoms with van der Waals surface area (Å²) in [5.41, 5.74) is 3.27. The first-order valence-corrected chi connectivity index (χ1v) is 11.1. The molecule has 2 heterocycles. The van der Waals surface area contributed by atoms with Gasteiger partial charge in [-0.05, 0) is 24.6 Å². The molecule has 0 saturated carbocycles. The van der Waals surface area contributed by atoms with Gasteiger partial charge in [0.15, 0.2) is 0 Å². The van der Waals surface area contributed by atoms with Crippen LogP contribution in [0.1, 0.15) is 28.4 Å². The Labute approximate surface area is 178 Å². The largest absolute Gasteiger partial charge is 0.299 e. The second-order valence-corrected chi connectivity index (χ2v) is 9.33.